The molecule has 1 aliphatic rings. The van der Waals surface area contributed by atoms with Crippen molar-refractivity contribution in [2.45, 2.75) is 39.7 Å². The average Bonchev–Trinajstić information content (AvgIpc) is 2.75. The predicted octanol–water partition coefficient (Wildman–Crippen LogP) is 3.46. The van der Waals surface area contributed by atoms with Gasteiger partial charge in [-0.15, -0.1) is 24.0 Å². The summed E-state index contributed by atoms with van der Waals surface area (Å²) < 4.78 is 16.0. The lowest BCUT2D eigenvalue weighted by molar-refractivity contribution is -0.149. The number of guanidine groups is 1. The van der Waals surface area contributed by atoms with Gasteiger partial charge in [0, 0.05) is 39.8 Å². The molecule has 0 saturated carbocycles. The number of rotatable bonds is 10. The lowest BCUT2D eigenvalue weighted by Gasteiger charge is -2.34. The van der Waals surface area contributed by atoms with Crippen LogP contribution in [0.15, 0.2) is 29.3 Å². The molecule has 1 aliphatic heterocycles. The third kappa shape index (κ3) is 9.07. The lowest BCUT2D eigenvalue weighted by atomic mass is 9.98. The van der Waals surface area contributed by atoms with Crippen LogP contribution in [-0.2, 0) is 20.8 Å². The predicted molar refractivity (Wildman–Crippen MR) is 130 cm³/mol. The van der Waals surface area contributed by atoms with E-state index in [9.17, 15) is 4.79 Å². The maximum Gasteiger partial charge on any atom is 0.310 e. The standard InChI is InChI=1S/C22H35N3O4.HI/c1-4-23-22(25-12-7-10-19(17-25)21(26)28-5-2)24-16-18-9-6-11-20(15-18)29-14-8-13-27-3;/h6,9,11,15,19H,4-5,7-8,10,12-14,16-17H2,1-3H3,(H,23,24);1H. The fourth-order valence-corrected chi connectivity index (χ4v) is 3.34. The Hall–Kier alpha value is -1.55. The molecule has 1 aromatic rings. The molecule has 0 spiro atoms. The van der Waals surface area contributed by atoms with Crippen molar-refractivity contribution in [1.29, 1.82) is 0 Å². The number of halogens is 1. The Balaban J connectivity index is 0.00000450. The Kier molecular flexibility index (Phi) is 13.5. The minimum atomic E-state index is -0.105. The Bertz CT molecular complexity index is 657. The van der Waals surface area contributed by atoms with Crippen molar-refractivity contribution in [2.24, 2.45) is 10.9 Å². The second-order valence-corrected chi connectivity index (χ2v) is 7.05. The maximum atomic E-state index is 12.1. The van der Waals surface area contributed by atoms with Crippen LogP contribution < -0.4 is 10.1 Å². The largest absolute Gasteiger partial charge is 0.493 e. The molecule has 1 atom stereocenters. The van der Waals surface area contributed by atoms with E-state index in [-0.39, 0.29) is 35.9 Å². The van der Waals surface area contributed by atoms with Gasteiger partial charge in [-0.2, -0.15) is 0 Å². The number of esters is 1. The van der Waals surface area contributed by atoms with Crippen LogP contribution >= 0.6 is 24.0 Å². The van der Waals surface area contributed by atoms with Crippen molar-refractivity contribution in [3.05, 3.63) is 29.8 Å². The van der Waals surface area contributed by atoms with Crippen molar-refractivity contribution in [3.63, 3.8) is 0 Å². The fraction of sp³-hybridized carbons (Fsp3) is 0.636. The molecule has 0 radical (unpaired) electrons. The van der Waals surface area contributed by atoms with Crippen LogP contribution in [0, 0.1) is 5.92 Å². The molecular weight excluding hydrogens is 497 g/mol. The highest BCUT2D eigenvalue weighted by Gasteiger charge is 2.28. The first-order valence-corrected chi connectivity index (χ1v) is 10.6. The summed E-state index contributed by atoms with van der Waals surface area (Å²) in [7, 11) is 1.69. The van der Waals surface area contributed by atoms with Crippen LogP contribution in [0.25, 0.3) is 0 Å². The number of hydrogen-bond acceptors (Lipinski definition) is 5. The van der Waals surface area contributed by atoms with E-state index in [1.165, 1.54) is 0 Å². The minimum absolute atomic E-state index is 0. The van der Waals surface area contributed by atoms with Gasteiger partial charge in [0.2, 0.25) is 0 Å². The number of likely N-dealkylation sites (tertiary alicyclic amines) is 1. The molecule has 1 N–H and O–H groups in total. The first kappa shape index (κ1) is 26.5. The highest BCUT2D eigenvalue weighted by Crippen LogP contribution is 2.19. The van der Waals surface area contributed by atoms with E-state index in [4.69, 9.17) is 19.2 Å². The Morgan fingerprint density at radius 3 is 2.87 bits per heavy atom. The number of nitrogens with zero attached hydrogens (tertiary/aromatic N) is 2. The fourth-order valence-electron chi connectivity index (χ4n) is 3.34. The van der Waals surface area contributed by atoms with Crippen molar-refractivity contribution < 1.29 is 19.0 Å². The topological polar surface area (TPSA) is 72.4 Å². The molecule has 8 heteroatoms. The molecule has 0 amide bonds. The molecule has 170 valence electrons. The second-order valence-electron chi connectivity index (χ2n) is 7.05. The zero-order valence-electron chi connectivity index (χ0n) is 18.4. The molecule has 30 heavy (non-hydrogen) atoms. The van der Waals surface area contributed by atoms with Crippen molar-refractivity contribution in [1.82, 2.24) is 10.2 Å². The zero-order valence-corrected chi connectivity index (χ0v) is 20.7. The monoisotopic (exact) mass is 533 g/mol. The van der Waals surface area contributed by atoms with Gasteiger partial charge < -0.3 is 24.4 Å². The molecule has 1 fully saturated rings. The molecule has 2 rings (SSSR count). The van der Waals surface area contributed by atoms with Gasteiger partial charge in [-0.3, -0.25) is 4.79 Å². The molecule has 0 bridgehead atoms. The Morgan fingerprint density at radius 1 is 1.30 bits per heavy atom. The van der Waals surface area contributed by atoms with E-state index < -0.39 is 0 Å². The number of methoxy groups -OCH3 is 1. The quantitative estimate of drug-likeness (QED) is 0.163. The normalized spacial score (nSPS) is 16.6. The second kappa shape index (κ2) is 15.3. The highest BCUT2D eigenvalue weighted by atomic mass is 127. The number of ether oxygens (including phenoxy) is 3. The first-order valence-electron chi connectivity index (χ1n) is 10.6. The van der Waals surface area contributed by atoms with E-state index in [2.05, 4.69) is 17.1 Å². The van der Waals surface area contributed by atoms with E-state index in [0.717, 1.165) is 49.6 Å². The average molecular weight is 533 g/mol. The molecule has 1 unspecified atom stereocenters. The molecule has 1 aromatic carbocycles. The summed E-state index contributed by atoms with van der Waals surface area (Å²) in [6.45, 7) is 8.52. The summed E-state index contributed by atoms with van der Waals surface area (Å²) in [6, 6.07) is 8.02. The number of hydrogen-bond donors (Lipinski definition) is 1. The Morgan fingerprint density at radius 2 is 2.13 bits per heavy atom. The van der Waals surface area contributed by atoms with E-state index in [1.54, 1.807) is 7.11 Å². The number of piperidine rings is 1. The van der Waals surface area contributed by atoms with E-state index in [1.807, 2.05) is 31.2 Å². The van der Waals surface area contributed by atoms with Crippen LogP contribution in [0.2, 0.25) is 0 Å². The molecular formula is C22H36IN3O4. The summed E-state index contributed by atoms with van der Waals surface area (Å²) in [5.41, 5.74) is 1.09. The summed E-state index contributed by atoms with van der Waals surface area (Å²) in [6.07, 6.45) is 2.69. The van der Waals surface area contributed by atoms with Gasteiger partial charge in [-0.1, -0.05) is 12.1 Å². The van der Waals surface area contributed by atoms with Gasteiger partial charge in [0.05, 0.1) is 25.7 Å². The molecule has 0 aliphatic carbocycles. The van der Waals surface area contributed by atoms with E-state index in [0.29, 0.717) is 32.9 Å². The van der Waals surface area contributed by atoms with Crippen LogP contribution in [0.3, 0.4) is 0 Å². The van der Waals surface area contributed by atoms with Crippen molar-refractivity contribution in [3.8, 4) is 5.75 Å². The minimum Gasteiger partial charge on any atom is -0.493 e. The van der Waals surface area contributed by atoms with Crippen LogP contribution in [0.1, 0.15) is 38.7 Å². The SMILES string of the molecule is CCNC(=NCc1cccc(OCCCOC)c1)N1CCCC(C(=O)OCC)C1.I. The molecule has 0 aromatic heterocycles. The van der Waals surface area contributed by atoms with Gasteiger partial charge in [-0.25, -0.2) is 4.99 Å². The van der Waals surface area contributed by atoms with Crippen LogP contribution in [0.5, 0.6) is 5.75 Å². The number of carbonyl (C=O) groups is 1. The van der Waals surface area contributed by atoms with Gasteiger partial charge in [-0.05, 0) is 44.4 Å². The summed E-state index contributed by atoms with van der Waals surface area (Å²) in [5.74, 6) is 1.50. The van der Waals surface area contributed by atoms with Crippen molar-refractivity contribution >= 4 is 35.9 Å². The van der Waals surface area contributed by atoms with Crippen LogP contribution in [0.4, 0.5) is 0 Å². The summed E-state index contributed by atoms with van der Waals surface area (Å²) in [5, 5.41) is 3.36. The lowest BCUT2D eigenvalue weighted by Crippen LogP contribution is -2.48. The van der Waals surface area contributed by atoms with E-state index >= 15 is 0 Å². The molecule has 1 saturated heterocycles. The molecule has 1 heterocycles. The number of benzene rings is 1. The third-order valence-corrected chi connectivity index (χ3v) is 4.75. The van der Waals surface area contributed by atoms with Crippen LogP contribution in [-0.4, -0.2) is 63.4 Å². The number of carbonyl (C=O) groups excluding carboxylic acids is 1. The maximum absolute atomic E-state index is 12.1. The zero-order chi connectivity index (χ0) is 20.9. The van der Waals surface area contributed by atoms with Crippen molar-refractivity contribution in [2.75, 3.05) is 46.6 Å². The molecule has 7 nitrogen and oxygen atoms in total. The Labute approximate surface area is 197 Å². The van der Waals surface area contributed by atoms with Gasteiger partial charge in [0.25, 0.3) is 0 Å². The van der Waals surface area contributed by atoms with Gasteiger partial charge >= 0.3 is 5.97 Å². The summed E-state index contributed by atoms with van der Waals surface area (Å²) in [4.78, 5) is 19.1. The number of nitrogens with one attached hydrogen (secondary N) is 1. The number of aliphatic imine (C=N–C) groups is 1. The first-order chi connectivity index (χ1) is 14.2. The third-order valence-electron chi connectivity index (χ3n) is 4.75. The smallest absolute Gasteiger partial charge is 0.310 e. The van der Waals surface area contributed by atoms with Gasteiger partial charge in [0.15, 0.2) is 5.96 Å². The summed E-state index contributed by atoms with van der Waals surface area (Å²) >= 11 is 0. The highest BCUT2D eigenvalue weighted by molar-refractivity contribution is 14.0. The van der Waals surface area contributed by atoms with Gasteiger partial charge in [0.1, 0.15) is 5.75 Å².